The van der Waals surface area contributed by atoms with Crippen molar-refractivity contribution in [3.8, 4) is 0 Å². The molecule has 0 aromatic rings. The minimum atomic E-state index is -0.272. The molecule has 1 saturated heterocycles. The zero-order chi connectivity index (χ0) is 15.9. The van der Waals surface area contributed by atoms with E-state index in [9.17, 15) is 5.11 Å². The summed E-state index contributed by atoms with van der Waals surface area (Å²) in [4.78, 5) is 0. The van der Waals surface area contributed by atoms with Crippen molar-refractivity contribution in [2.45, 2.75) is 71.7 Å². The van der Waals surface area contributed by atoms with Crippen LogP contribution in [0.5, 0.6) is 0 Å². The highest BCUT2D eigenvalue weighted by atomic mass is 16.6. The van der Waals surface area contributed by atoms with Gasteiger partial charge in [-0.3, -0.25) is 0 Å². The molecule has 1 aliphatic heterocycles. The summed E-state index contributed by atoms with van der Waals surface area (Å²) in [7, 11) is 0. The van der Waals surface area contributed by atoms with E-state index in [2.05, 4.69) is 40.3 Å². The predicted molar refractivity (Wildman–Crippen MR) is 88.4 cm³/mol. The van der Waals surface area contributed by atoms with Gasteiger partial charge in [0, 0.05) is 10.8 Å². The molecule has 0 aromatic carbocycles. The molecule has 0 radical (unpaired) electrons. The maximum absolute atomic E-state index is 10.8. The average molecular weight is 302 g/mol. The summed E-state index contributed by atoms with van der Waals surface area (Å²) in [6.07, 6.45) is 9.40. The molecule has 3 aliphatic carbocycles. The number of hydrogen-bond donors (Lipinski definition) is 1. The Kier molecular flexibility index (Phi) is 2.90. The van der Waals surface area contributed by atoms with Crippen molar-refractivity contribution in [1.82, 2.24) is 0 Å². The lowest BCUT2D eigenvalue weighted by Gasteiger charge is -2.58. The van der Waals surface area contributed by atoms with Gasteiger partial charge in [0.05, 0.1) is 18.3 Å². The topological polar surface area (TPSA) is 32.8 Å². The fourth-order valence-corrected chi connectivity index (χ4v) is 5.94. The summed E-state index contributed by atoms with van der Waals surface area (Å²) < 4.78 is 5.98. The van der Waals surface area contributed by atoms with Crippen molar-refractivity contribution in [2.24, 2.45) is 28.1 Å². The Morgan fingerprint density at radius 1 is 1.27 bits per heavy atom. The lowest BCUT2D eigenvalue weighted by Crippen LogP contribution is -2.54. The summed E-state index contributed by atoms with van der Waals surface area (Å²) in [6, 6.07) is 0. The Hall–Kier alpha value is -0.600. The van der Waals surface area contributed by atoms with Gasteiger partial charge in [0.25, 0.3) is 0 Å². The second kappa shape index (κ2) is 4.27. The second-order valence-corrected chi connectivity index (χ2v) is 9.34. The van der Waals surface area contributed by atoms with Gasteiger partial charge >= 0.3 is 0 Å². The Balaban J connectivity index is 1.73. The number of hydrogen-bond acceptors (Lipinski definition) is 2. The van der Waals surface area contributed by atoms with Crippen LogP contribution in [-0.2, 0) is 4.74 Å². The van der Waals surface area contributed by atoms with Gasteiger partial charge in [0.1, 0.15) is 0 Å². The molecule has 3 fully saturated rings. The van der Waals surface area contributed by atoms with Crippen molar-refractivity contribution in [3.05, 3.63) is 24.3 Å². The zero-order valence-corrected chi connectivity index (χ0v) is 14.4. The summed E-state index contributed by atoms with van der Waals surface area (Å²) in [5, 5.41) is 10.8. The van der Waals surface area contributed by atoms with E-state index >= 15 is 0 Å². The van der Waals surface area contributed by atoms with Crippen LogP contribution in [0.2, 0.25) is 0 Å². The maximum atomic E-state index is 10.8. The van der Waals surface area contributed by atoms with Crippen molar-refractivity contribution >= 4 is 0 Å². The van der Waals surface area contributed by atoms with Gasteiger partial charge in [0.15, 0.2) is 0 Å². The quantitative estimate of drug-likeness (QED) is 0.584. The van der Waals surface area contributed by atoms with Gasteiger partial charge in [-0.15, -0.1) is 6.58 Å². The highest BCUT2D eigenvalue weighted by molar-refractivity contribution is 5.32. The number of rotatable bonds is 1. The van der Waals surface area contributed by atoms with Gasteiger partial charge < -0.3 is 9.84 Å². The molecule has 2 nitrogen and oxygen atoms in total. The third-order valence-corrected chi connectivity index (χ3v) is 7.78. The normalized spacial score (nSPS) is 55.3. The molecule has 2 saturated carbocycles. The SMILES string of the molecule is C=CC1(C)CC2CC=C3C(CC4OC4C3(C)C)C2(C)CC1O. The Bertz CT molecular complexity index is 548. The van der Waals surface area contributed by atoms with Gasteiger partial charge in [-0.1, -0.05) is 45.4 Å². The maximum Gasteiger partial charge on any atom is 0.0929 e. The standard InChI is InChI=1S/C20H30O2/c1-6-19(4)10-12-7-8-13-14(20(12,5)11-16(19)21)9-15-17(22-15)18(13,2)3/h6,8,12,14-17,21H,1,7,9-11H2,2-5H3. The van der Waals surface area contributed by atoms with E-state index in [1.165, 1.54) is 0 Å². The Morgan fingerprint density at radius 2 is 2.00 bits per heavy atom. The third-order valence-electron chi connectivity index (χ3n) is 7.78. The van der Waals surface area contributed by atoms with Gasteiger partial charge in [-0.25, -0.2) is 0 Å². The molecule has 0 amide bonds. The summed E-state index contributed by atoms with van der Waals surface area (Å²) >= 11 is 0. The van der Waals surface area contributed by atoms with E-state index < -0.39 is 0 Å². The molecule has 4 rings (SSSR count). The van der Waals surface area contributed by atoms with Crippen molar-refractivity contribution in [2.75, 3.05) is 0 Å². The van der Waals surface area contributed by atoms with Crippen molar-refractivity contribution in [1.29, 1.82) is 0 Å². The van der Waals surface area contributed by atoms with Crippen LogP contribution in [0.25, 0.3) is 0 Å². The average Bonchev–Trinajstić information content (AvgIpc) is 3.22. The van der Waals surface area contributed by atoms with Crippen LogP contribution in [0.1, 0.15) is 53.4 Å². The molecule has 0 spiro atoms. The predicted octanol–water partition coefficient (Wildman–Crippen LogP) is 4.10. The third kappa shape index (κ3) is 1.74. The largest absolute Gasteiger partial charge is 0.392 e. The van der Waals surface area contributed by atoms with E-state index in [-0.39, 0.29) is 22.3 Å². The van der Waals surface area contributed by atoms with E-state index in [1.54, 1.807) is 5.57 Å². The Labute approximate surface area is 134 Å². The number of fused-ring (bicyclic) bond motifs is 4. The molecule has 122 valence electrons. The second-order valence-electron chi connectivity index (χ2n) is 9.34. The van der Waals surface area contributed by atoms with Gasteiger partial charge in [0.2, 0.25) is 0 Å². The van der Waals surface area contributed by atoms with Gasteiger partial charge in [-0.05, 0) is 42.9 Å². The van der Waals surface area contributed by atoms with Crippen molar-refractivity contribution in [3.63, 3.8) is 0 Å². The number of ether oxygens (including phenoxy) is 1. The monoisotopic (exact) mass is 302 g/mol. The fourth-order valence-electron chi connectivity index (χ4n) is 5.94. The number of aliphatic hydroxyl groups excluding tert-OH is 1. The van der Waals surface area contributed by atoms with Crippen LogP contribution in [0.3, 0.4) is 0 Å². The van der Waals surface area contributed by atoms with E-state index in [0.717, 1.165) is 25.7 Å². The molecule has 1 N–H and O–H groups in total. The zero-order valence-electron chi connectivity index (χ0n) is 14.4. The van der Waals surface area contributed by atoms with Crippen LogP contribution in [0.4, 0.5) is 0 Å². The van der Waals surface area contributed by atoms with Crippen LogP contribution in [0, 0.1) is 28.1 Å². The fraction of sp³-hybridized carbons (Fsp3) is 0.800. The summed E-state index contributed by atoms with van der Waals surface area (Å²) in [5.74, 6) is 1.23. The van der Waals surface area contributed by atoms with Crippen LogP contribution >= 0.6 is 0 Å². The molecule has 4 aliphatic rings. The molecule has 0 aromatic heterocycles. The minimum Gasteiger partial charge on any atom is -0.392 e. The van der Waals surface area contributed by atoms with Crippen LogP contribution in [0.15, 0.2) is 24.3 Å². The first-order valence-corrected chi connectivity index (χ1v) is 8.90. The van der Waals surface area contributed by atoms with Crippen LogP contribution < -0.4 is 0 Å². The Morgan fingerprint density at radius 3 is 2.68 bits per heavy atom. The first-order valence-electron chi connectivity index (χ1n) is 8.90. The van der Waals surface area contributed by atoms with Crippen molar-refractivity contribution < 1.29 is 9.84 Å². The highest BCUT2D eigenvalue weighted by Gasteiger charge is 2.63. The molecule has 0 bridgehead atoms. The molecule has 7 atom stereocenters. The lowest BCUT2D eigenvalue weighted by molar-refractivity contribution is -0.0889. The molecule has 7 unspecified atom stereocenters. The number of epoxide rings is 1. The molecule has 2 heteroatoms. The molecular weight excluding hydrogens is 272 g/mol. The highest BCUT2D eigenvalue weighted by Crippen LogP contribution is 2.66. The number of aliphatic hydroxyl groups is 1. The molecule has 22 heavy (non-hydrogen) atoms. The number of allylic oxidation sites excluding steroid dienone is 1. The first kappa shape index (κ1) is 15.0. The lowest BCUT2D eigenvalue weighted by atomic mass is 9.46. The summed E-state index contributed by atoms with van der Waals surface area (Å²) in [5.41, 5.74) is 1.86. The first-order chi connectivity index (χ1) is 10.2. The van der Waals surface area contributed by atoms with Crippen LogP contribution in [-0.4, -0.2) is 23.4 Å². The summed E-state index contributed by atoms with van der Waals surface area (Å²) in [6.45, 7) is 13.3. The molecular formula is C20H30O2. The van der Waals surface area contributed by atoms with E-state index in [4.69, 9.17) is 4.74 Å². The smallest absolute Gasteiger partial charge is 0.0929 e. The minimum absolute atomic E-state index is 0.127. The van der Waals surface area contributed by atoms with E-state index in [1.807, 2.05) is 6.08 Å². The molecule has 1 heterocycles. The van der Waals surface area contributed by atoms with E-state index in [0.29, 0.717) is 24.0 Å². The van der Waals surface area contributed by atoms with Gasteiger partial charge in [-0.2, -0.15) is 0 Å².